The van der Waals surface area contributed by atoms with Crippen LogP contribution in [0.3, 0.4) is 0 Å². The summed E-state index contributed by atoms with van der Waals surface area (Å²) >= 11 is 9.91. The Morgan fingerprint density at radius 1 is 1.38 bits per heavy atom. The predicted molar refractivity (Wildman–Crippen MR) is 98.0 cm³/mol. The lowest BCUT2D eigenvalue weighted by Gasteiger charge is -2.07. The van der Waals surface area contributed by atoms with E-state index >= 15 is 0 Å². The number of hydrogen-bond acceptors (Lipinski definition) is 4. The van der Waals surface area contributed by atoms with Crippen molar-refractivity contribution in [3.05, 3.63) is 59.1 Å². The molecular weight excluding hydrogens is 346 g/mol. The summed E-state index contributed by atoms with van der Waals surface area (Å²) in [4.78, 5) is 19.9. The molecule has 1 aliphatic carbocycles. The summed E-state index contributed by atoms with van der Waals surface area (Å²) in [5.41, 5.74) is 1.70. The number of aromatic nitrogens is 1. The molecule has 24 heavy (non-hydrogen) atoms. The number of hydrogen-bond donors (Lipinski definition) is 3. The molecule has 2 N–H and O–H groups in total. The smallest absolute Gasteiger partial charge is 0.308 e. The molecule has 0 bridgehead atoms. The number of urea groups is 1. The third-order valence-corrected chi connectivity index (χ3v) is 3.31. The normalized spacial score (nSPS) is 20.3. The highest BCUT2D eigenvalue weighted by Gasteiger charge is 2.05. The summed E-state index contributed by atoms with van der Waals surface area (Å²) in [7, 11) is 0. The minimum Gasteiger partial charge on any atom is -0.308 e. The molecule has 122 valence electrons. The highest BCUT2D eigenvalue weighted by Crippen LogP contribution is 2.13. The van der Waals surface area contributed by atoms with Crippen molar-refractivity contribution < 1.29 is 4.79 Å². The molecule has 0 aromatic carbocycles. The minimum absolute atomic E-state index is 0.131. The first kappa shape index (κ1) is 17.8. The minimum atomic E-state index is -0.501. The van der Waals surface area contributed by atoms with Gasteiger partial charge in [-0.05, 0) is 37.1 Å². The molecule has 2 amide bonds. The van der Waals surface area contributed by atoms with E-state index in [1.54, 1.807) is 18.2 Å². The lowest BCUT2D eigenvalue weighted by Crippen LogP contribution is -2.31. The Morgan fingerprint density at radius 2 is 2.17 bits per heavy atom. The maximum atomic E-state index is 11.9. The van der Waals surface area contributed by atoms with Crippen molar-refractivity contribution >= 4 is 41.1 Å². The zero-order valence-electron chi connectivity index (χ0n) is 12.5. The van der Waals surface area contributed by atoms with Gasteiger partial charge in [-0.3, -0.25) is 5.32 Å². The van der Waals surface area contributed by atoms with E-state index < -0.39 is 6.03 Å². The van der Waals surface area contributed by atoms with Gasteiger partial charge < -0.3 is 5.32 Å². The van der Waals surface area contributed by atoms with Gasteiger partial charge in [-0.15, -0.1) is 12.6 Å². The molecule has 0 unspecified atom stereocenters. The average molecular weight is 360 g/mol. The van der Waals surface area contributed by atoms with Gasteiger partial charge in [0.15, 0.2) is 5.17 Å². The number of aliphatic imine (C=N–C) groups is 1. The lowest BCUT2D eigenvalue weighted by molar-refractivity contribution is 0.256. The summed E-state index contributed by atoms with van der Waals surface area (Å²) in [5.74, 6) is 0. The van der Waals surface area contributed by atoms with Gasteiger partial charge in [-0.1, -0.05) is 23.8 Å². The molecular formula is C16H14ClN5OS. The van der Waals surface area contributed by atoms with E-state index in [4.69, 9.17) is 16.9 Å². The Balaban J connectivity index is 1.99. The van der Waals surface area contributed by atoms with Crippen LogP contribution < -0.4 is 10.6 Å². The molecule has 1 heterocycles. The molecule has 2 rings (SSSR count). The molecule has 0 saturated carbocycles. The molecule has 1 aromatic heterocycles. The van der Waals surface area contributed by atoms with E-state index in [0.717, 1.165) is 12.8 Å². The highest BCUT2D eigenvalue weighted by molar-refractivity contribution is 7.96. The van der Waals surface area contributed by atoms with E-state index in [9.17, 15) is 4.79 Å². The molecule has 0 spiro atoms. The van der Waals surface area contributed by atoms with E-state index in [0.29, 0.717) is 17.0 Å². The van der Waals surface area contributed by atoms with Crippen LogP contribution in [0.2, 0.25) is 5.15 Å². The number of nitriles is 1. The largest absolute Gasteiger partial charge is 0.325 e. The number of pyridine rings is 1. The van der Waals surface area contributed by atoms with Crippen LogP contribution in [0, 0.1) is 11.3 Å². The molecule has 0 atom stereocenters. The zero-order valence-corrected chi connectivity index (χ0v) is 14.2. The van der Waals surface area contributed by atoms with Gasteiger partial charge in [-0.2, -0.15) is 5.26 Å². The maximum absolute atomic E-state index is 11.9. The second kappa shape index (κ2) is 8.91. The first-order chi connectivity index (χ1) is 11.6. The first-order valence-electron chi connectivity index (χ1n) is 7.02. The zero-order chi connectivity index (χ0) is 17.4. The summed E-state index contributed by atoms with van der Waals surface area (Å²) < 4.78 is 0. The second-order valence-corrected chi connectivity index (χ2v) is 5.50. The summed E-state index contributed by atoms with van der Waals surface area (Å²) in [6.07, 6.45) is 10.1. The number of allylic oxidation sites excluding steroid dienone is 5. The van der Waals surface area contributed by atoms with Gasteiger partial charge in [-0.25, -0.2) is 14.8 Å². The predicted octanol–water partition coefficient (Wildman–Crippen LogP) is 3.83. The van der Waals surface area contributed by atoms with Crippen LogP contribution >= 0.6 is 24.2 Å². The van der Waals surface area contributed by atoms with Crippen LogP contribution in [0.1, 0.15) is 12.8 Å². The number of nitrogens with zero attached hydrogens (tertiary/aromatic N) is 3. The average Bonchev–Trinajstić information content (AvgIpc) is 2.50. The molecule has 6 nitrogen and oxygen atoms in total. The Hall–Kier alpha value is -2.56. The summed E-state index contributed by atoms with van der Waals surface area (Å²) in [6.45, 7) is 0. The topological polar surface area (TPSA) is 90.2 Å². The number of amides is 2. The molecule has 0 aliphatic heterocycles. The van der Waals surface area contributed by atoms with Gasteiger partial charge in [0.1, 0.15) is 5.15 Å². The molecule has 0 saturated heterocycles. The fourth-order valence-electron chi connectivity index (χ4n) is 1.84. The SMILES string of the molecule is N#CC1=C/CC/C=C(\N=C(/S)NC(=O)Nc2ccnc(Cl)c2)/C=C\1. The Kier molecular flexibility index (Phi) is 6.61. The van der Waals surface area contributed by atoms with Crippen LogP contribution in [-0.4, -0.2) is 16.2 Å². The number of anilines is 1. The molecule has 1 aromatic rings. The molecule has 0 radical (unpaired) electrons. The third-order valence-electron chi connectivity index (χ3n) is 2.89. The first-order valence-corrected chi connectivity index (χ1v) is 7.85. The summed E-state index contributed by atoms with van der Waals surface area (Å²) in [6, 6.07) is 4.72. The van der Waals surface area contributed by atoms with Crippen LogP contribution in [0.15, 0.2) is 58.9 Å². The quantitative estimate of drug-likeness (QED) is 0.324. The number of thiol groups is 1. The Bertz CT molecular complexity index is 792. The van der Waals surface area contributed by atoms with E-state index in [1.165, 1.54) is 12.3 Å². The van der Waals surface area contributed by atoms with Crippen LogP contribution in [0.25, 0.3) is 0 Å². The van der Waals surface area contributed by atoms with Crippen LogP contribution in [0.4, 0.5) is 10.5 Å². The lowest BCUT2D eigenvalue weighted by atomic mass is 10.1. The number of nitrogens with one attached hydrogen (secondary N) is 2. The highest BCUT2D eigenvalue weighted by atomic mass is 35.5. The fourth-order valence-corrected chi connectivity index (χ4v) is 2.23. The van der Waals surface area contributed by atoms with Crippen LogP contribution in [0.5, 0.6) is 0 Å². The van der Waals surface area contributed by atoms with Gasteiger partial charge in [0.05, 0.1) is 11.8 Å². The van der Waals surface area contributed by atoms with Crippen molar-refractivity contribution in [1.29, 1.82) is 5.26 Å². The van der Waals surface area contributed by atoms with E-state index in [-0.39, 0.29) is 10.3 Å². The van der Waals surface area contributed by atoms with Crippen LogP contribution in [-0.2, 0) is 0 Å². The number of carbonyl (C=O) groups excluding carboxylic acids is 1. The van der Waals surface area contributed by atoms with Crippen molar-refractivity contribution in [3.63, 3.8) is 0 Å². The molecule has 0 fully saturated rings. The summed E-state index contributed by atoms with van der Waals surface area (Å²) in [5, 5.41) is 14.4. The van der Waals surface area contributed by atoms with Gasteiger partial charge in [0, 0.05) is 17.5 Å². The number of amidine groups is 1. The Morgan fingerprint density at radius 3 is 2.92 bits per heavy atom. The van der Waals surface area contributed by atoms with Crippen molar-refractivity contribution in [2.24, 2.45) is 4.99 Å². The van der Waals surface area contributed by atoms with Gasteiger partial charge in [0.2, 0.25) is 0 Å². The van der Waals surface area contributed by atoms with Crippen molar-refractivity contribution in [3.8, 4) is 6.07 Å². The van der Waals surface area contributed by atoms with Crippen molar-refractivity contribution in [2.45, 2.75) is 12.8 Å². The number of rotatable bonds is 2. The standard InChI is InChI=1S/C16H14ClN5OS/c17-14-9-13(7-8-19-14)20-15(23)22-16(24)21-12-4-2-1-3-11(10-18)5-6-12/h3-9H,1-2H2,(H3,19,20,21,22,23,24)/b6-5-,11-3+,12-4-. The monoisotopic (exact) mass is 359 g/mol. The second-order valence-electron chi connectivity index (χ2n) is 4.69. The number of halogens is 1. The fraction of sp³-hybridized carbons (Fsp3) is 0.125. The van der Waals surface area contributed by atoms with E-state index in [1.807, 2.05) is 12.2 Å². The number of carbonyl (C=O) groups is 1. The van der Waals surface area contributed by atoms with Crippen molar-refractivity contribution in [2.75, 3.05) is 5.32 Å². The van der Waals surface area contributed by atoms with Gasteiger partial charge >= 0.3 is 6.03 Å². The Labute approximate surface area is 150 Å². The maximum Gasteiger partial charge on any atom is 0.325 e. The van der Waals surface area contributed by atoms with Crippen molar-refractivity contribution in [1.82, 2.24) is 10.3 Å². The molecule has 1 aliphatic rings. The van der Waals surface area contributed by atoms with Gasteiger partial charge in [0.25, 0.3) is 0 Å². The third kappa shape index (κ3) is 5.91. The van der Waals surface area contributed by atoms with E-state index in [2.05, 4.69) is 39.3 Å². The molecule has 8 heteroatoms.